The molecule has 0 radical (unpaired) electrons. The molecule has 0 saturated carbocycles. The van der Waals surface area contributed by atoms with Crippen LogP contribution in [-0.2, 0) is 26.4 Å². The Morgan fingerprint density at radius 2 is 2.06 bits per heavy atom. The van der Waals surface area contributed by atoms with Gasteiger partial charge in [0.1, 0.15) is 5.82 Å². The maximum atomic E-state index is 12.1. The van der Waals surface area contributed by atoms with Gasteiger partial charge in [0.15, 0.2) is 5.82 Å². The van der Waals surface area contributed by atoms with Crippen LogP contribution >= 0.6 is 11.3 Å². The van der Waals surface area contributed by atoms with Crippen LogP contribution < -0.4 is 4.87 Å². The van der Waals surface area contributed by atoms with Gasteiger partial charge < -0.3 is 4.57 Å². The molecule has 96 valence electrons. The summed E-state index contributed by atoms with van der Waals surface area (Å²) in [7, 11) is 1.94. The lowest BCUT2D eigenvalue weighted by Crippen LogP contribution is -2.20. The van der Waals surface area contributed by atoms with Gasteiger partial charge in [-0.15, -0.1) is 10.2 Å². The van der Waals surface area contributed by atoms with Gasteiger partial charge in [-0.3, -0.25) is 9.36 Å². The van der Waals surface area contributed by atoms with Crippen LogP contribution in [0.15, 0.2) is 4.79 Å². The van der Waals surface area contributed by atoms with E-state index in [2.05, 4.69) is 10.2 Å². The van der Waals surface area contributed by atoms with E-state index >= 15 is 0 Å². The van der Waals surface area contributed by atoms with Crippen molar-refractivity contribution in [3.05, 3.63) is 31.9 Å². The molecule has 18 heavy (non-hydrogen) atoms. The van der Waals surface area contributed by atoms with Crippen LogP contribution in [0, 0.1) is 6.92 Å². The molecular weight excluding hydrogens is 248 g/mol. The summed E-state index contributed by atoms with van der Waals surface area (Å²) >= 11 is 1.40. The second-order valence-electron chi connectivity index (χ2n) is 4.75. The van der Waals surface area contributed by atoms with Crippen LogP contribution in [0.1, 0.15) is 35.1 Å². The van der Waals surface area contributed by atoms with Gasteiger partial charge in [0, 0.05) is 17.6 Å². The number of nitrogens with zero attached hydrogens (tertiary/aromatic N) is 4. The molecule has 0 bridgehead atoms. The van der Waals surface area contributed by atoms with Gasteiger partial charge in [0.05, 0.1) is 6.54 Å². The summed E-state index contributed by atoms with van der Waals surface area (Å²) in [5, 5.41) is 8.18. The van der Waals surface area contributed by atoms with E-state index in [1.807, 2.05) is 23.1 Å². The van der Waals surface area contributed by atoms with E-state index < -0.39 is 0 Å². The third-order valence-electron chi connectivity index (χ3n) is 3.63. The fourth-order valence-electron chi connectivity index (χ4n) is 2.42. The monoisotopic (exact) mass is 264 g/mol. The minimum absolute atomic E-state index is 0.141. The lowest BCUT2D eigenvalue weighted by Gasteiger charge is -2.13. The molecule has 0 aromatic carbocycles. The van der Waals surface area contributed by atoms with Gasteiger partial charge in [-0.25, -0.2) is 0 Å². The average molecular weight is 264 g/mol. The average Bonchev–Trinajstić information content (AvgIpc) is 2.85. The predicted molar refractivity (Wildman–Crippen MR) is 70.1 cm³/mol. The molecule has 0 spiro atoms. The molecule has 5 nitrogen and oxygen atoms in total. The van der Waals surface area contributed by atoms with E-state index in [9.17, 15) is 4.79 Å². The van der Waals surface area contributed by atoms with Crippen molar-refractivity contribution in [2.75, 3.05) is 0 Å². The van der Waals surface area contributed by atoms with Gasteiger partial charge in [-0.2, -0.15) is 0 Å². The number of hydrogen-bond acceptors (Lipinski definition) is 4. The molecule has 0 atom stereocenters. The Kier molecular flexibility index (Phi) is 2.81. The molecule has 6 heteroatoms. The van der Waals surface area contributed by atoms with Crippen molar-refractivity contribution in [1.29, 1.82) is 0 Å². The summed E-state index contributed by atoms with van der Waals surface area (Å²) in [6.07, 6.45) is 4.46. The number of thiazole rings is 1. The Hall–Kier alpha value is -1.43. The second-order valence-corrected chi connectivity index (χ2v) is 5.80. The fraction of sp³-hybridized carbons (Fsp3) is 0.583. The molecule has 0 fully saturated rings. The van der Waals surface area contributed by atoms with Crippen molar-refractivity contribution < 1.29 is 0 Å². The third kappa shape index (κ3) is 1.80. The van der Waals surface area contributed by atoms with E-state index in [4.69, 9.17) is 0 Å². The van der Waals surface area contributed by atoms with E-state index in [-0.39, 0.29) is 4.87 Å². The fourth-order valence-corrected chi connectivity index (χ4v) is 3.49. The zero-order chi connectivity index (χ0) is 12.7. The highest BCUT2D eigenvalue weighted by molar-refractivity contribution is 7.09. The van der Waals surface area contributed by atoms with Crippen LogP contribution in [0.25, 0.3) is 0 Å². The van der Waals surface area contributed by atoms with Crippen LogP contribution in [-0.4, -0.2) is 19.3 Å². The first-order chi connectivity index (χ1) is 8.66. The van der Waals surface area contributed by atoms with Crippen molar-refractivity contribution in [3.8, 4) is 0 Å². The highest BCUT2D eigenvalue weighted by atomic mass is 32.1. The Labute approximate surface area is 109 Å². The van der Waals surface area contributed by atoms with E-state index in [0.717, 1.165) is 24.5 Å². The Balaban J connectivity index is 2.00. The summed E-state index contributed by atoms with van der Waals surface area (Å²) in [5.74, 6) is 1.72. The summed E-state index contributed by atoms with van der Waals surface area (Å²) in [6, 6.07) is 0. The number of fused-ring (bicyclic) bond motifs is 1. The molecule has 1 aliphatic carbocycles. The van der Waals surface area contributed by atoms with Crippen LogP contribution in [0.4, 0.5) is 0 Å². The maximum absolute atomic E-state index is 12.1. The van der Waals surface area contributed by atoms with Crippen molar-refractivity contribution in [2.24, 2.45) is 7.05 Å². The number of aryl methyl sites for hydroxylation is 2. The molecule has 0 saturated heterocycles. The van der Waals surface area contributed by atoms with E-state index in [1.165, 1.54) is 34.7 Å². The minimum Gasteiger partial charge on any atom is -0.317 e. The molecule has 1 aliphatic rings. The van der Waals surface area contributed by atoms with Crippen LogP contribution in [0.2, 0.25) is 0 Å². The smallest absolute Gasteiger partial charge is 0.307 e. The van der Waals surface area contributed by atoms with Gasteiger partial charge >= 0.3 is 4.87 Å². The first kappa shape index (κ1) is 11.6. The maximum Gasteiger partial charge on any atom is 0.307 e. The molecule has 2 aromatic heterocycles. The van der Waals surface area contributed by atoms with Gasteiger partial charge in [0.2, 0.25) is 0 Å². The third-order valence-corrected chi connectivity index (χ3v) is 4.71. The molecular formula is C12H16N4OS. The lowest BCUT2D eigenvalue weighted by atomic mass is 10.0. The quantitative estimate of drug-likeness (QED) is 0.821. The summed E-state index contributed by atoms with van der Waals surface area (Å²) in [6.45, 7) is 2.46. The molecule has 0 N–H and O–H groups in total. The van der Waals surface area contributed by atoms with Crippen LogP contribution in [0.5, 0.6) is 0 Å². The highest BCUT2D eigenvalue weighted by Gasteiger charge is 2.19. The summed E-state index contributed by atoms with van der Waals surface area (Å²) in [4.78, 5) is 13.5. The molecule has 3 rings (SSSR count). The topological polar surface area (TPSA) is 52.7 Å². The van der Waals surface area contributed by atoms with Crippen molar-refractivity contribution in [2.45, 2.75) is 39.2 Å². The van der Waals surface area contributed by atoms with Crippen molar-refractivity contribution in [3.63, 3.8) is 0 Å². The first-order valence-corrected chi connectivity index (χ1v) is 7.04. The predicted octanol–water partition coefficient (Wildman–Crippen LogP) is 1.27. The van der Waals surface area contributed by atoms with Crippen LogP contribution in [0.3, 0.4) is 0 Å². The Morgan fingerprint density at radius 3 is 2.78 bits per heavy atom. The molecule has 2 aromatic rings. The normalized spacial score (nSPS) is 14.8. The van der Waals surface area contributed by atoms with Gasteiger partial charge in [-0.05, 0) is 32.6 Å². The van der Waals surface area contributed by atoms with E-state index in [0.29, 0.717) is 6.54 Å². The molecule has 0 amide bonds. The summed E-state index contributed by atoms with van der Waals surface area (Å²) < 4.78 is 3.82. The Bertz CT molecular complexity index is 637. The SMILES string of the molecule is Cc1nnc(Cn2c3c(sc2=O)CCCC3)n1C. The van der Waals surface area contributed by atoms with E-state index in [1.54, 1.807) is 0 Å². The van der Waals surface area contributed by atoms with Gasteiger partial charge in [0.25, 0.3) is 0 Å². The zero-order valence-electron chi connectivity index (χ0n) is 10.6. The lowest BCUT2D eigenvalue weighted by molar-refractivity contribution is 0.603. The molecule has 2 heterocycles. The first-order valence-electron chi connectivity index (χ1n) is 6.23. The largest absolute Gasteiger partial charge is 0.317 e. The number of aromatic nitrogens is 4. The number of rotatable bonds is 2. The van der Waals surface area contributed by atoms with Crippen molar-refractivity contribution in [1.82, 2.24) is 19.3 Å². The highest BCUT2D eigenvalue weighted by Crippen LogP contribution is 2.23. The summed E-state index contributed by atoms with van der Waals surface area (Å²) in [5.41, 5.74) is 1.22. The number of hydrogen-bond donors (Lipinski definition) is 0. The second kappa shape index (κ2) is 4.35. The standard InChI is InChI=1S/C12H16N4OS/c1-8-13-14-11(15(8)2)7-16-9-5-3-4-6-10(9)18-12(16)17/h3-7H2,1-2H3. The molecule has 0 unspecified atom stereocenters. The zero-order valence-corrected chi connectivity index (χ0v) is 11.5. The van der Waals surface area contributed by atoms with Gasteiger partial charge in [-0.1, -0.05) is 11.3 Å². The van der Waals surface area contributed by atoms with Crippen molar-refractivity contribution >= 4 is 11.3 Å². The molecule has 0 aliphatic heterocycles. The Morgan fingerprint density at radius 1 is 1.28 bits per heavy atom. The minimum atomic E-state index is 0.141.